The summed E-state index contributed by atoms with van der Waals surface area (Å²) in [5.74, 6) is 0.0928. The highest BCUT2D eigenvalue weighted by atomic mass is 35.5. The molecule has 1 amide bonds. The Labute approximate surface area is 129 Å². The van der Waals surface area contributed by atoms with E-state index in [2.05, 4.69) is 24.1 Å². The van der Waals surface area contributed by atoms with Crippen LogP contribution >= 0.6 is 12.4 Å². The molecule has 3 N–H and O–H groups in total. The van der Waals surface area contributed by atoms with Crippen LogP contribution in [0.2, 0.25) is 0 Å². The topological polar surface area (TPSA) is 58.4 Å². The van der Waals surface area contributed by atoms with Gasteiger partial charge in [0.05, 0.1) is 5.54 Å². The second-order valence-electron chi connectivity index (χ2n) is 6.59. The lowest BCUT2D eigenvalue weighted by Gasteiger charge is -2.37. The van der Waals surface area contributed by atoms with E-state index in [1.54, 1.807) is 0 Å². The minimum Gasteiger partial charge on any atom is -0.352 e. The second kappa shape index (κ2) is 7.62. The van der Waals surface area contributed by atoms with Crippen molar-refractivity contribution in [3.05, 3.63) is 0 Å². The second-order valence-corrected chi connectivity index (χ2v) is 6.59. The van der Waals surface area contributed by atoms with Crippen molar-refractivity contribution in [3.63, 3.8) is 0 Å². The summed E-state index contributed by atoms with van der Waals surface area (Å²) in [5.41, 5.74) is 5.68. The minimum absolute atomic E-state index is 0. The molecule has 2 aliphatic rings. The summed E-state index contributed by atoms with van der Waals surface area (Å²) in [7, 11) is 0. The van der Waals surface area contributed by atoms with Gasteiger partial charge in [0.15, 0.2) is 0 Å². The fourth-order valence-corrected chi connectivity index (χ4v) is 3.30. The van der Waals surface area contributed by atoms with Gasteiger partial charge < -0.3 is 16.0 Å². The van der Waals surface area contributed by atoms with Crippen LogP contribution in [0.3, 0.4) is 0 Å². The van der Waals surface area contributed by atoms with Crippen LogP contribution in [-0.4, -0.2) is 41.5 Å². The van der Waals surface area contributed by atoms with Crippen molar-refractivity contribution in [2.24, 2.45) is 5.73 Å². The van der Waals surface area contributed by atoms with Crippen molar-refractivity contribution < 1.29 is 4.79 Å². The molecule has 0 atom stereocenters. The lowest BCUT2D eigenvalue weighted by molar-refractivity contribution is -0.128. The highest BCUT2D eigenvalue weighted by molar-refractivity contribution is 5.86. The van der Waals surface area contributed by atoms with Gasteiger partial charge in [0.1, 0.15) is 0 Å². The number of nitrogens with one attached hydrogen (secondary N) is 1. The van der Waals surface area contributed by atoms with E-state index < -0.39 is 5.54 Å². The Morgan fingerprint density at radius 1 is 1.20 bits per heavy atom. The molecule has 118 valence electrons. The number of carbonyl (C=O) groups is 1. The van der Waals surface area contributed by atoms with Crippen LogP contribution in [0.5, 0.6) is 0 Å². The van der Waals surface area contributed by atoms with Crippen molar-refractivity contribution in [1.29, 1.82) is 0 Å². The number of amides is 1. The molecule has 0 spiro atoms. The predicted molar refractivity (Wildman–Crippen MR) is 85.1 cm³/mol. The van der Waals surface area contributed by atoms with Gasteiger partial charge in [0, 0.05) is 25.2 Å². The maximum Gasteiger partial charge on any atom is 0.240 e. The third-order valence-electron chi connectivity index (χ3n) is 4.79. The first-order valence-electron chi connectivity index (χ1n) is 7.85. The number of hydrogen-bond donors (Lipinski definition) is 2. The molecule has 4 nitrogen and oxygen atoms in total. The van der Waals surface area contributed by atoms with Gasteiger partial charge in [0.2, 0.25) is 5.91 Å². The van der Waals surface area contributed by atoms with Crippen LogP contribution in [0.15, 0.2) is 0 Å². The molecule has 1 heterocycles. The summed E-state index contributed by atoms with van der Waals surface area (Å²) in [5, 5.41) is 3.20. The van der Waals surface area contributed by atoms with E-state index in [1.165, 1.54) is 6.42 Å². The van der Waals surface area contributed by atoms with Gasteiger partial charge in [-0.1, -0.05) is 19.3 Å². The first-order chi connectivity index (χ1) is 9.01. The van der Waals surface area contributed by atoms with E-state index >= 15 is 0 Å². The molecule has 1 saturated carbocycles. The Morgan fingerprint density at radius 2 is 1.75 bits per heavy atom. The van der Waals surface area contributed by atoms with Gasteiger partial charge in [-0.2, -0.15) is 0 Å². The molecule has 2 fully saturated rings. The Hall–Kier alpha value is -0.320. The highest BCUT2D eigenvalue weighted by Crippen LogP contribution is 2.26. The third-order valence-corrected chi connectivity index (χ3v) is 4.79. The molecule has 0 unspecified atom stereocenters. The number of piperidine rings is 1. The van der Waals surface area contributed by atoms with E-state index in [4.69, 9.17) is 5.73 Å². The average Bonchev–Trinajstić information content (AvgIpc) is 2.40. The zero-order valence-corrected chi connectivity index (χ0v) is 13.7. The summed E-state index contributed by atoms with van der Waals surface area (Å²) in [6, 6.07) is 0.931. The number of rotatable bonds is 3. The summed E-state index contributed by atoms with van der Waals surface area (Å²) in [6.07, 6.45) is 7.22. The minimum atomic E-state index is -0.590. The number of nitrogens with two attached hydrogens (primary N) is 1. The van der Waals surface area contributed by atoms with Gasteiger partial charge in [0.25, 0.3) is 0 Å². The fraction of sp³-hybridized carbons (Fsp3) is 0.933. The summed E-state index contributed by atoms with van der Waals surface area (Å²) < 4.78 is 0. The Balaban J connectivity index is 0.00000200. The molecule has 1 aliphatic heterocycles. The zero-order valence-electron chi connectivity index (χ0n) is 12.9. The normalized spacial score (nSPS) is 24.2. The maximum absolute atomic E-state index is 12.4. The van der Waals surface area contributed by atoms with E-state index in [0.29, 0.717) is 12.1 Å². The molecule has 1 saturated heterocycles. The molecule has 0 radical (unpaired) electrons. The van der Waals surface area contributed by atoms with Crippen LogP contribution < -0.4 is 11.1 Å². The van der Waals surface area contributed by atoms with Crippen LogP contribution in [-0.2, 0) is 4.79 Å². The molecule has 0 bridgehead atoms. The number of likely N-dealkylation sites (tertiary alicyclic amines) is 1. The quantitative estimate of drug-likeness (QED) is 0.839. The van der Waals surface area contributed by atoms with Crippen LogP contribution in [0, 0.1) is 0 Å². The summed E-state index contributed by atoms with van der Waals surface area (Å²) >= 11 is 0. The van der Waals surface area contributed by atoms with Crippen molar-refractivity contribution in [1.82, 2.24) is 10.2 Å². The monoisotopic (exact) mass is 303 g/mol. The van der Waals surface area contributed by atoms with E-state index in [-0.39, 0.29) is 18.3 Å². The molecular formula is C15H30ClN3O. The predicted octanol–water partition coefficient (Wildman–Crippen LogP) is 2.06. The van der Waals surface area contributed by atoms with Gasteiger partial charge in [-0.05, 0) is 39.5 Å². The average molecular weight is 304 g/mol. The molecule has 0 aromatic rings. The molecule has 0 aromatic carbocycles. The SMILES string of the molecule is CC(C)N1CCC(NC(=O)C2(N)CCCCC2)CC1.Cl. The smallest absolute Gasteiger partial charge is 0.240 e. The molecular weight excluding hydrogens is 274 g/mol. The lowest BCUT2D eigenvalue weighted by atomic mass is 9.81. The third kappa shape index (κ3) is 4.34. The molecule has 1 aliphatic carbocycles. The fourth-order valence-electron chi connectivity index (χ4n) is 3.30. The van der Waals surface area contributed by atoms with E-state index in [0.717, 1.165) is 51.6 Å². The van der Waals surface area contributed by atoms with Crippen molar-refractivity contribution in [2.45, 2.75) is 76.4 Å². The number of carbonyl (C=O) groups excluding carboxylic acids is 1. The van der Waals surface area contributed by atoms with E-state index in [1.807, 2.05) is 0 Å². The standard InChI is InChI=1S/C15H29N3O.ClH/c1-12(2)18-10-6-13(7-11-18)17-14(19)15(16)8-4-3-5-9-15;/h12-13H,3-11,16H2,1-2H3,(H,17,19);1H. The van der Waals surface area contributed by atoms with Gasteiger partial charge in [-0.25, -0.2) is 0 Å². The molecule has 2 rings (SSSR count). The Morgan fingerprint density at radius 3 is 2.25 bits per heavy atom. The van der Waals surface area contributed by atoms with Crippen molar-refractivity contribution >= 4 is 18.3 Å². The zero-order chi connectivity index (χ0) is 13.9. The molecule has 5 heteroatoms. The van der Waals surface area contributed by atoms with Crippen molar-refractivity contribution in [3.8, 4) is 0 Å². The first kappa shape index (κ1) is 17.7. The Kier molecular flexibility index (Phi) is 6.76. The summed E-state index contributed by atoms with van der Waals surface area (Å²) in [4.78, 5) is 14.8. The molecule has 0 aromatic heterocycles. The number of hydrogen-bond acceptors (Lipinski definition) is 3. The molecule has 20 heavy (non-hydrogen) atoms. The van der Waals surface area contributed by atoms with Crippen LogP contribution in [0.1, 0.15) is 58.8 Å². The lowest BCUT2D eigenvalue weighted by Crippen LogP contribution is -2.58. The maximum atomic E-state index is 12.4. The van der Waals surface area contributed by atoms with Gasteiger partial charge in [-0.15, -0.1) is 12.4 Å². The van der Waals surface area contributed by atoms with Crippen LogP contribution in [0.4, 0.5) is 0 Å². The van der Waals surface area contributed by atoms with Crippen molar-refractivity contribution in [2.75, 3.05) is 13.1 Å². The first-order valence-corrected chi connectivity index (χ1v) is 7.85. The summed E-state index contributed by atoms with van der Waals surface area (Å²) in [6.45, 7) is 6.63. The largest absolute Gasteiger partial charge is 0.352 e. The Bertz CT molecular complexity index is 308. The number of halogens is 1. The van der Waals surface area contributed by atoms with Crippen LogP contribution in [0.25, 0.3) is 0 Å². The number of nitrogens with zero attached hydrogens (tertiary/aromatic N) is 1. The van der Waals surface area contributed by atoms with Gasteiger partial charge in [-0.3, -0.25) is 4.79 Å². The highest BCUT2D eigenvalue weighted by Gasteiger charge is 2.36. The van der Waals surface area contributed by atoms with Gasteiger partial charge >= 0.3 is 0 Å². The van der Waals surface area contributed by atoms with E-state index in [9.17, 15) is 4.79 Å².